The molecule has 1 atom stereocenters. The summed E-state index contributed by atoms with van der Waals surface area (Å²) in [5.74, 6) is -0.00978. The molecule has 0 saturated heterocycles. The lowest BCUT2D eigenvalue weighted by Crippen LogP contribution is -2.43. The standard InChI is InChI=1S/C26H28ClNO2/c1-5-17-7-9-18(10-8-17)20-13-24(30)28(19-11-6-16(2)21(27)12-19)22-14-26(3,4)15-23(29)25(20)22/h6-12,20H,5,13-15H2,1-4H3. The number of halogens is 1. The number of benzene rings is 2. The highest BCUT2D eigenvalue weighted by Crippen LogP contribution is 2.48. The molecule has 0 N–H and O–H groups in total. The predicted octanol–water partition coefficient (Wildman–Crippen LogP) is 6.37. The van der Waals surface area contributed by atoms with E-state index in [4.69, 9.17) is 11.6 Å². The van der Waals surface area contributed by atoms with Gasteiger partial charge in [-0.1, -0.05) is 62.7 Å². The van der Waals surface area contributed by atoms with E-state index in [9.17, 15) is 9.59 Å². The van der Waals surface area contributed by atoms with Crippen LogP contribution in [0.25, 0.3) is 0 Å². The van der Waals surface area contributed by atoms with Gasteiger partial charge < -0.3 is 0 Å². The molecule has 3 nitrogen and oxygen atoms in total. The van der Waals surface area contributed by atoms with E-state index < -0.39 is 0 Å². The fourth-order valence-electron chi connectivity index (χ4n) is 4.71. The maximum absolute atomic E-state index is 13.4. The monoisotopic (exact) mass is 421 g/mol. The first-order valence-corrected chi connectivity index (χ1v) is 11.0. The van der Waals surface area contributed by atoms with E-state index in [0.717, 1.165) is 34.5 Å². The maximum Gasteiger partial charge on any atom is 0.232 e. The Morgan fingerprint density at radius 1 is 1.07 bits per heavy atom. The summed E-state index contributed by atoms with van der Waals surface area (Å²) < 4.78 is 0. The minimum atomic E-state index is -0.184. The third kappa shape index (κ3) is 3.72. The van der Waals surface area contributed by atoms with Gasteiger partial charge in [0, 0.05) is 35.1 Å². The molecule has 2 aromatic carbocycles. The summed E-state index contributed by atoms with van der Waals surface area (Å²) in [6.45, 7) is 8.26. The second kappa shape index (κ2) is 7.70. The van der Waals surface area contributed by atoms with Gasteiger partial charge in [0.2, 0.25) is 5.91 Å². The van der Waals surface area contributed by atoms with E-state index in [-0.39, 0.29) is 23.0 Å². The molecule has 1 unspecified atom stereocenters. The fourth-order valence-corrected chi connectivity index (χ4v) is 4.88. The summed E-state index contributed by atoms with van der Waals surface area (Å²) in [7, 11) is 0. The van der Waals surface area contributed by atoms with Gasteiger partial charge in [0.05, 0.1) is 5.69 Å². The second-order valence-corrected chi connectivity index (χ2v) is 9.72. The van der Waals surface area contributed by atoms with E-state index in [1.807, 2.05) is 25.1 Å². The van der Waals surface area contributed by atoms with Gasteiger partial charge in [-0.25, -0.2) is 0 Å². The van der Waals surface area contributed by atoms with Crippen LogP contribution in [-0.4, -0.2) is 11.7 Å². The van der Waals surface area contributed by atoms with Crippen molar-refractivity contribution in [1.29, 1.82) is 0 Å². The highest BCUT2D eigenvalue weighted by atomic mass is 35.5. The van der Waals surface area contributed by atoms with E-state index in [0.29, 0.717) is 24.3 Å². The largest absolute Gasteiger partial charge is 0.294 e. The molecule has 1 aliphatic carbocycles. The number of amides is 1. The van der Waals surface area contributed by atoms with Gasteiger partial charge >= 0.3 is 0 Å². The minimum absolute atomic E-state index is 0.0173. The van der Waals surface area contributed by atoms with Crippen LogP contribution in [0, 0.1) is 12.3 Å². The Hall–Kier alpha value is -2.39. The molecule has 156 valence electrons. The molecule has 0 fully saturated rings. The highest BCUT2D eigenvalue weighted by Gasteiger charge is 2.44. The smallest absolute Gasteiger partial charge is 0.232 e. The third-order valence-electron chi connectivity index (χ3n) is 6.35. The highest BCUT2D eigenvalue weighted by molar-refractivity contribution is 6.31. The molecule has 2 aliphatic rings. The molecule has 0 bridgehead atoms. The number of hydrogen-bond acceptors (Lipinski definition) is 2. The lowest BCUT2D eigenvalue weighted by atomic mass is 9.69. The van der Waals surface area contributed by atoms with Gasteiger partial charge in [0.1, 0.15) is 0 Å². The SMILES string of the molecule is CCc1ccc(C2CC(=O)N(c3ccc(C)c(Cl)c3)C3=C2C(=O)CC(C)(C)C3)cc1. The van der Waals surface area contributed by atoms with Crippen molar-refractivity contribution in [3.05, 3.63) is 75.4 Å². The van der Waals surface area contributed by atoms with E-state index in [1.54, 1.807) is 4.90 Å². The molecule has 4 heteroatoms. The molecule has 4 rings (SSSR count). The number of allylic oxidation sites excluding steroid dienone is 2. The zero-order valence-electron chi connectivity index (χ0n) is 18.1. The summed E-state index contributed by atoms with van der Waals surface area (Å²) >= 11 is 6.37. The Bertz CT molecular complexity index is 1050. The molecule has 1 aliphatic heterocycles. The molecule has 0 spiro atoms. The number of aryl methyl sites for hydroxylation is 2. The van der Waals surface area contributed by atoms with E-state index >= 15 is 0 Å². The molecule has 0 radical (unpaired) electrons. The van der Waals surface area contributed by atoms with Crippen LogP contribution in [-0.2, 0) is 16.0 Å². The number of nitrogens with zero attached hydrogens (tertiary/aromatic N) is 1. The number of carbonyl (C=O) groups excluding carboxylic acids is 2. The summed E-state index contributed by atoms with van der Waals surface area (Å²) in [6.07, 6.45) is 2.45. The van der Waals surface area contributed by atoms with Crippen molar-refractivity contribution in [3.63, 3.8) is 0 Å². The van der Waals surface area contributed by atoms with Gasteiger partial charge in [-0.3, -0.25) is 14.5 Å². The van der Waals surface area contributed by atoms with Crippen molar-refractivity contribution in [3.8, 4) is 0 Å². The average molecular weight is 422 g/mol. The maximum atomic E-state index is 13.4. The van der Waals surface area contributed by atoms with Gasteiger partial charge in [-0.2, -0.15) is 0 Å². The number of ketones is 1. The van der Waals surface area contributed by atoms with Crippen molar-refractivity contribution in [1.82, 2.24) is 0 Å². The third-order valence-corrected chi connectivity index (χ3v) is 6.75. The summed E-state index contributed by atoms with van der Waals surface area (Å²) in [5.41, 5.74) is 5.47. The van der Waals surface area contributed by atoms with Crippen molar-refractivity contribution in [2.24, 2.45) is 5.41 Å². The summed E-state index contributed by atoms with van der Waals surface area (Å²) in [4.78, 5) is 28.5. The van der Waals surface area contributed by atoms with Crippen molar-refractivity contribution in [2.75, 3.05) is 4.90 Å². The Balaban J connectivity index is 1.87. The van der Waals surface area contributed by atoms with Gasteiger partial charge in [-0.15, -0.1) is 0 Å². The number of Topliss-reactive ketones (excluding diaryl/α,β-unsaturated/α-hetero) is 1. The van der Waals surface area contributed by atoms with Crippen molar-refractivity contribution >= 4 is 29.0 Å². The van der Waals surface area contributed by atoms with Gasteiger partial charge in [0.25, 0.3) is 0 Å². The van der Waals surface area contributed by atoms with Crippen LogP contribution in [0.2, 0.25) is 5.02 Å². The van der Waals surface area contributed by atoms with Crippen LogP contribution in [0.4, 0.5) is 5.69 Å². The van der Waals surface area contributed by atoms with Crippen molar-refractivity contribution in [2.45, 2.75) is 59.3 Å². The first-order valence-electron chi connectivity index (χ1n) is 10.6. The van der Waals surface area contributed by atoms with Crippen LogP contribution in [0.5, 0.6) is 0 Å². The van der Waals surface area contributed by atoms with Gasteiger partial charge in [0.15, 0.2) is 5.78 Å². The normalized spacial score (nSPS) is 21.1. The molecule has 0 saturated carbocycles. The number of anilines is 1. The Kier molecular flexibility index (Phi) is 5.36. The zero-order chi connectivity index (χ0) is 21.6. The van der Waals surface area contributed by atoms with Crippen LogP contribution in [0.15, 0.2) is 53.7 Å². The Morgan fingerprint density at radius 2 is 1.77 bits per heavy atom. The van der Waals surface area contributed by atoms with Crippen LogP contribution in [0.3, 0.4) is 0 Å². The molecule has 30 heavy (non-hydrogen) atoms. The summed E-state index contributed by atoms with van der Waals surface area (Å²) in [6, 6.07) is 14.0. The average Bonchev–Trinajstić information content (AvgIpc) is 2.68. The minimum Gasteiger partial charge on any atom is -0.294 e. The lowest BCUT2D eigenvalue weighted by molar-refractivity contribution is -0.121. The molecular formula is C26H28ClNO2. The molecule has 0 aromatic heterocycles. The number of rotatable bonds is 3. The second-order valence-electron chi connectivity index (χ2n) is 9.32. The molecule has 1 heterocycles. The van der Waals surface area contributed by atoms with E-state index in [2.05, 4.69) is 45.0 Å². The fraction of sp³-hybridized carbons (Fsp3) is 0.385. The molecular weight excluding hydrogens is 394 g/mol. The molecule has 2 aromatic rings. The Morgan fingerprint density at radius 3 is 2.40 bits per heavy atom. The first kappa shape index (κ1) is 20.9. The first-order chi connectivity index (χ1) is 14.2. The van der Waals surface area contributed by atoms with Crippen molar-refractivity contribution < 1.29 is 9.59 Å². The Labute approximate surface area is 183 Å². The number of hydrogen-bond donors (Lipinski definition) is 0. The molecule has 1 amide bonds. The van der Waals surface area contributed by atoms with Crippen LogP contribution in [0.1, 0.15) is 62.6 Å². The summed E-state index contributed by atoms with van der Waals surface area (Å²) in [5, 5.41) is 0.626. The predicted molar refractivity (Wildman–Crippen MR) is 122 cm³/mol. The quantitative estimate of drug-likeness (QED) is 0.577. The van der Waals surface area contributed by atoms with Gasteiger partial charge in [-0.05, 0) is 54.0 Å². The van der Waals surface area contributed by atoms with Crippen LogP contribution < -0.4 is 4.90 Å². The topological polar surface area (TPSA) is 37.4 Å². The van der Waals surface area contributed by atoms with Crippen LogP contribution >= 0.6 is 11.6 Å². The van der Waals surface area contributed by atoms with E-state index in [1.165, 1.54) is 5.56 Å². The lowest BCUT2D eigenvalue weighted by Gasteiger charge is -2.43. The zero-order valence-corrected chi connectivity index (χ0v) is 18.8. The number of carbonyl (C=O) groups is 2.